The largest absolute Gasteiger partial charge is 0.383 e. The summed E-state index contributed by atoms with van der Waals surface area (Å²) in [6.07, 6.45) is -0.709. The summed E-state index contributed by atoms with van der Waals surface area (Å²) in [5.41, 5.74) is 2.77. The highest BCUT2D eigenvalue weighted by atomic mass is 35.5. The van der Waals surface area contributed by atoms with Crippen LogP contribution in [0.3, 0.4) is 0 Å². The van der Waals surface area contributed by atoms with E-state index >= 15 is 0 Å². The third kappa shape index (κ3) is 2.66. The molecule has 0 bridgehead atoms. The van der Waals surface area contributed by atoms with E-state index in [0.29, 0.717) is 9.36 Å². The molecule has 0 amide bonds. The number of aliphatic hydroxyl groups is 1. The molecule has 0 radical (unpaired) electrons. The van der Waals surface area contributed by atoms with E-state index in [0.717, 1.165) is 21.6 Å². The molecule has 0 aliphatic heterocycles. The van der Waals surface area contributed by atoms with Gasteiger partial charge >= 0.3 is 0 Å². The molecular formula is C13H12Cl2OS. The molecule has 0 saturated carbocycles. The summed E-state index contributed by atoms with van der Waals surface area (Å²) in [7, 11) is 0. The lowest BCUT2D eigenvalue weighted by Gasteiger charge is -2.11. The van der Waals surface area contributed by atoms with Crippen molar-refractivity contribution in [3.8, 4) is 0 Å². The van der Waals surface area contributed by atoms with E-state index in [1.54, 1.807) is 0 Å². The van der Waals surface area contributed by atoms with Crippen LogP contribution in [0.1, 0.15) is 27.7 Å². The maximum Gasteiger partial charge on any atom is 0.115 e. The molecule has 1 N–H and O–H groups in total. The quantitative estimate of drug-likeness (QED) is 0.844. The molecule has 1 aromatic carbocycles. The SMILES string of the molecule is Cc1ccc(C(O)c2cc(C)c(Cl)s2)c(Cl)c1. The van der Waals surface area contributed by atoms with E-state index in [1.165, 1.54) is 11.3 Å². The van der Waals surface area contributed by atoms with Crippen LogP contribution < -0.4 is 0 Å². The summed E-state index contributed by atoms with van der Waals surface area (Å²) >= 11 is 13.5. The Balaban J connectivity index is 2.39. The molecule has 1 aromatic heterocycles. The van der Waals surface area contributed by atoms with Crippen LogP contribution in [0.5, 0.6) is 0 Å². The van der Waals surface area contributed by atoms with Gasteiger partial charge in [-0.15, -0.1) is 11.3 Å². The van der Waals surface area contributed by atoms with E-state index in [1.807, 2.05) is 38.1 Å². The molecule has 17 heavy (non-hydrogen) atoms. The first-order chi connectivity index (χ1) is 7.99. The highest BCUT2D eigenvalue weighted by molar-refractivity contribution is 7.16. The van der Waals surface area contributed by atoms with Crippen molar-refractivity contribution in [2.75, 3.05) is 0 Å². The molecule has 2 rings (SSSR count). The number of aryl methyl sites for hydroxylation is 2. The molecule has 0 fully saturated rings. The van der Waals surface area contributed by atoms with Gasteiger partial charge in [-0.25, -0.2) is 0 Å². The second kappa shape index (κ2) is 4.99. The van der Waals surface area contributed by atoms with Crippen molar-refractivity contribution in [3.63, 3.8) is 0 Å². The minimum Gasteiger partial charge on any atom is -0.383 e. The predicted molar refractivity (Wildman–Crippen MR) is 74.3 cm³/mol. The van der Waals surface area contributed by atoms with Crippen LogP contribution in [0, 0.1) is 13.8 Å². The fourth-order valence-corrected chi connectivity index (χ4v) is 3.19. The van der Waals surface area contributed by atoms with Crippen LogP contribution in [0.4, 0.5) is 0 Å². The summed E-state index contributed by atoms with van der Waals surface area (Å²) in [6.45, 7) is 3.89. The first kappa shape index (κ1) is 12.9. The molecule has 0 aliphatic carbocycles. The van der Waals surface area contributed by atoms with Gasteiger partial charge in [0.2, 0.25) is 0 Å². The highest BCUT2D eigenvalue weighted by Crippen LogP contribution is 2.36. The van der Waals surface area contributed by atoms with Gasteiger partial charge in [0.25, 0.3) is 0 Å². The smallest absolute Gasteiger partial charge is 0.115 e. The topological polar surface area (TPSA) is 20.2 Å². The number of hydrogen-bond donors (Lipinski definition) is 1. The number of benzene rings is 1. The lowest BCUT2D eigenvalue weighted by atomic mass is 10.1. The second-order valence-corrected chi connectivity index (χ2v) is 6.13. The summed E-state index contributed by atoms with van der Waals surface area (Å²) in [6, 6.07) is 7.54. The first-order valence-corrected chi connectivity index (χ1v) is 6.76. The standard InChI is InChI=1S/C13H12Cl2OS/c1-7-3-4-9(10(14)5-7)12(16)11-6-8(2)13(15)17-11/h3-6,12,16H,1-2H3. The maximum atomic E-state index is 10.3. The van der Waals surface area contributed by atoms with E-state index < -0.39 is 6.10 Å². The van der Waals surface area contributed by atoms with E-state index in [2.05, 4.69) is 0 Å². The van der Waals surface area contributed by atoms with Crippen LogP contribution >= 0.6 is 34.5 Å². The lowest BCUT2D eigenvalue weighted by molar-refractivity contribution is 0.224. The van der Waals surface area contributed by atoms with Gasteiger partial charge in [0.15, 0.2) is 0 Å². The van der Waals surface area contributed by atoms with Gasteiger partial charge in [-0.05, 0) is 37.1 Å². The Morgan fingerprint density at radius 1 is 1.18 bits per heavy atom. The second-order valence-electron chi connectivity index (χ2n) is 4.03. The van der Waals surface area contributed by atoms with Crippen LogP contribution in [0.25, 0.3) is 0 Å². The zero-order valence-electron chi connectivity index (χ0n) is 9.50. The van der Waals surface area contributed by atoms with E-state index in [4.69, 9.17) is 23.2 Å². The minimum atomic E-state index is -0.709. The highest BCUT2D eigenvalue weighted by Gasteiger charge is 2.17. The molecule has 0 spiro atoms. The fourth-order valence-electron chi connectivity index (χ4n) is 1.63. The number of aliphatic hydroxyl groups excluding tert-OH is 1. The molecule has 0 aliphatic rings. The predicted octanol–water partition coefficient (Wildman–Crippen LogP) is 4.75. The summed E-state index contributed by atoms with van der Waals surface area (Å²) in [4.78, 5) is 0.818. The molecule has 2 aromatic rings. The van der Waals surface area contributed by atoms with Gasteiger partial charge in [-0.3, -0.25) is 0 Å². The zero-order chi connectivity index (χ0) is 12.6. The normalized spacial score (nSPS) is 12.8. The van der Waals surface area contributed by atoms with Crippen LogP contribution in [-0.4, -0.2) is 5.11 Å². The first-order valence-electron chi connectivity index (χ1n) is 5.19. The monoisotopic (exact) mass is 286 g/mol. The Morgan fingerprint density at radius 3 is 2.41 bits per heavy atom. The molecular weight excluding hydrogens is 275 g/mol. The van der Waals surface area contributed by atoms with Crippen molar-refractivity contribution in [3.05, 3.63) is 55.2 Å². The van der Waals surface area contributed by atoms with Gasteiger partial charge in [0.1, 0.15) is 6.10 Å². The van der Waals surface area contributed by atoms with E-state index in [9.17, 15) is 5.11 Å². The zero-order valence-corrected chi connectivity index (χ0v) is 11.8. The Morgan fingerprint density at radius 2 is 1.88 bits per heavy atom. The third-order valence-corrected chi connectivity index (χ3v) is 4.53. The third-order valence-electron chi connectivity index (χ3n) is 2.60. The molecule has 4 heteroatoms. The Bertz CT molecular complexity index is 529. The number of hydrogen-bond acceptors (Lipinski definition) is 2. The number of thiophene rings is 1. The molecule has 90 valence electrons. The van der Waals surface area contributed by atoms with Crippen LogP contribution in [0.2, 0.25) is 9.36 Å². The van der Waals surface area contributed by atoms with E-state index in [-0.39, 0.29) is 0 Å². The number of rotatable bonds is 2. The van der Waals surface area contributed by atoms with Crippen LogP contribution in [0.15, 0.2) is 24.3 Å². The summed E-state index contributed by atoms with van der Waals surface area (Å²) < 4.78 is 0.710. The Kier molecular flexibility index (Phi) is 3.79. The molecule has 1 nitrogen and oxygen atoms in total. The van der Waals surface area contributed by atoms with Crippen molar-refractivity contribution in [2.24, 2.45) is 0 Å². The molecule has 0 saturated heterocycles. The Labute approximate surface area is 115 Å². The van der Waals surface area contributed by atoms with Gasteiger partial charge in [0, 0.05) is 15.5 Å². The average molecular weight is 287 g/mol. The van der Waals surface area contributed by atoms with Crippen LogP contribution in [-0.2, 0) is 0 Å². The average Bonchev–Trinajstić information content (AvgIpc) is 2.58. The summed E-state index contributed by atoms with van der Waals surface area (Å²) in [5, 5.41) is 10.9. The molecule has 1 atom stereocenters. The van der Waals surface area contributed by atoms with Crippen molar-refractivity contribution in [1.82, 2.24) is 0 Å². The van der Waals surface area contributed by atoms with Gasteiger partial charge in [0.05, 0.1) is 4.34 Å². The van der Waals surface area contributed by atoms with Crippen molar-refractivity contribution in [1.29, 1.82) is 0 Å². The Hall–Kier alpha value is -0.540. The maximum absolute atomic E-state index is 10.3. The molecule has 1 heterocycles. The minimum absolute atomic E-state index is 0.583. The van der Waals surface area contributed by atoms with Crippen molar-refractivity contribution >= 4 is 34.5 Å². The fraction of sp³-hybridized carbons (Fsp3) is 0.231. The molecule has 1 unspecified atom stereocenters. The van der Waals surface area contributed by atoms with Gasteiger partial charge < -0.3 is 5.11 Å². The van der Waals surface area contributed by atoms with Crippen molar-refractivity contribution < 1.29 is 5.11 Å². The van der Waals surface area contributed by atoms with Gasteiger partial charge in [-0.2, -0.15) is 0 Å². The lowest BCUT2D eigenvalue weighted by Crippen LogP contribution is -1.98. The van der Waals surface area contributed by atoms with Crippen molar-refractivity contribution in [2.45, 2.75) is 20.0 Å². The summed E-state index contributed by atoms with van der Waals surface area (Å²) in [5.74, 6) is 0. The number of halogens is 2. The van der Waals surface area contributed by atoms with Gasteiger partial charge in [-0.1, -0.05) is 35.3 Å².